The quantitative estimate of drug-likeness (QED) is 0.886. The number of amides is 1. The predicted molar refractivity (Wildman–Crippen MR) is 87.0 cm³/mol. The molecule has 0 saturated heterocycles. The molecule has 0 bridgehead atoms. The van der Waals surface area contributed by atoms with Crippen LogP contribution >= 0.6 is 0 Å². The summed E-state index contributed by atoms with van der Waals surface area (Å²) in [5.41, 5.74) is 1.27. The van der Waals surface area contributed by atoms with E-state index in [9.17, 15) is 4.79 Å². The molecule has 0 atom stereocenters. The fraction of sp³-hybridized carbons (Fsp3) is 0.421. The third kappa shape index (κ3) is 3.08. The van der Waals surface area contributed by atoms with E-state index in [-0.39, 0.29) is 11.8 Å². The summed E-state index contributed by atoms with van der Waals surface area (Å²) in [7, 11) is 0. The Balaban J connectivity index is 1.49. The van der Waals surface area contributed by atoms with Crippen molar-refractivity contribution in [3.8, 4) is 5.75 Å². The maximum atomic E-state index is 11.7. The highest BCUT2D eigenvalue weighted by Crippen LogP contribution is 2.30. The van der Waals surface area contributed by atoms with Gasteiger partial charge in [0.15, 0.2) is 0 Å². The Kier molecular flexibility index (Phi) is 3.49. The molecular formula is C19H21NO2. The first-order chi connectivity index (χ1) is 10.8. The second kappa shape index (κ2) is 5.64. The smallest absolute Gasteiger partial charge is 0.223 e. The van der Waals surface area contributed by atoms with E-state index in [4.69, 9.17) is 4.74 Å². The average Bonchev–Trinajstić information content (AvgIpc) is 3.41. The van der Waals surface area contributed by atoms with Crippen LogP contribution in [-0.4, -0.2) is 18.6 Å². The van der Waals surface area contributed by atoms with Gasteiger partial charge in [-0.2, -0.15) is 0 Å². The second-order valence-corrected chi connectivity index (χ2v) is 6.43. The Bertz CT molecular complexity index is 702. The van der Waals surface area contributed by atoms with E-state index in [1.807, 2.05) is 0 Å². The highest BCUT2D eigenvalue weighted by atomic mass is 16.5. The molecule has 1 amide bonds. The highest BCUT2D eigenvalue weighted by molar-refractivity contribution is 5.87. The molecule has 22 heavy (non-hydrogen) atoms. The Hall–Kier alpha value is -2.03. The third-order valence-electron chi connectivity index (χ3n) is 4.41. The molecule has 2 fully saturated rings. The number of carbonyl (C=O) groups excluding carboxylic acids is 1. The van der Waals surface area contributed by atoms with Gasteiger partial charge in [-0.15, -0.1) is 0 Å². The first kappa shape index (κ1) is 13.6. The van der Waals surface area contributed by atoms with Gasteiger partial charge in [0.25, 0.3) is 0 Å². The van der Waals surface area contributed by atoms with Crippen LogP contribution in [0.1, 0.15) is 31.2 Å². The van der Waals surface area contributed by atoms with Crippen LogP contribution in [0.25, 0.3) is 10.8 Å². The summed E-state index contributed by atoms with van der Waals surface area (Å²) < 4.78 is 5.90. The number of rotatable bonds is 6. The Morgan fingerprint density at radius 2 is 2.00 bits per heavy atom. The maximum Gasteiger partial charge on any atom is 0.223 e. The van der Waals surface area contributed by atoms with Gasteiger partial charge in [-0.25, -0.2) is 0 Å². The fourth-order valence-corrected chi connectivity index (χ4v) is 2.80. The number of ether oxygens (including phenoxy) is 1. The molecule has 0 spiro atoms. The number of carbonyl (C=O) groups is 1. The minimum atomic E-state index is 0.220. The van der Waals surface area contributed by atoms with Crippen molar-refractivity contribution < 1.29 is 9.53 Å². The lowest BCUT2D eigenvalue weighted by Gasteiger charge is -2.10. The monoisotopic (exact) mass is 295 g/mol. The van der Waals surface area contributed by atoms with Crippen molar-refractivity contribution in [2.24, 2.45) is 5.92 Å². The molecule has 3 heteroatoms. The van der Waals surface area contributed by atoms with Gasteiger partial charge in [-0.3, -0.25) is 4.79 Å². The zero-order chi connectivity index (χ0) is 14.9. The first-order valence-corrected chi connectivity index (χ1v) is 8.25. The first-order valence-electron chi connectivity index (χ1n) is 8.25. The molecule has 0 aliphatic heterocycles. The summed E-state index contributed by atoms with van der Waals surface area (Å²) in [6.07, 6.45) is 5.74. The summed E-state index contributed by atoms with van der Waals surface area (Å²) >= 11 is 0. The van der Waals surface area contributed by atoms with E-state index in [1.54, 1.807) is 0 Å². The van der Waals surface area contributed by atoms with Gasteiger partial charge in [0.1, 0.15) is 5.75 Å². The lowest BCUT2D eigenvalue weighted by atomic mass is 10.0. The molecule has 2 aliphatic carbocycles. The molecule has 4 rings (SSSR count). The van der Waals surface area contributed by atoms with Crippen molar-refractivity contribution >= 4 is 16.7 Å². The van der Waals surface area contributed by atoms with E-state index >= 15 is 0 Å². The molecular weight excluding hydrogens is 274 g/mol. The van der Waals surface area contributed by atoms with Crippen LogP contribution in [0.15, 0.2) is 36.4 Å². The molecule has 2 saturated carbocycles. The van der Waals surface area contributed by atoms with E-state index in [2.05, 4.69) is 41.7 Å². The molecule has 2 aromatic rings. The Morgan fingerprint density at radius 1 is 1.14 bits per heavy atom. The zero-order valence-electron chi connectivity index (χ0n) is 12.7. The molecule has 2 aromatic carbocycles. The van der Waals surface area contributed by atoms with Gasteiger partial charge in [0.05, 0.1) is 6.10 Å². The van der Waals surface area contributed by atoms with Crippen molar-refractivity contribution in [2.45, 2.75) is 38.2 Å². The number of nitrogens with one attached hydrogen (secondary N) is 1. The lowest BCUT2D eigenvalue weighted by molar-refractivity contribution is -0.122. The molecule has 2 aliphatic rings. The summed E-state index contributed by atoms with van der Waals surface area (Å²) in [5.74, 6) is 1.47. The van der Waals surface area contributed by atoms with Crippen molar-refractivity contribution in [3.05, 3.63) is 42.0 Å². The minimum absolute atomic E-state index is 0.220. The van der Waals surface area contributed by atoms with Crippen molar-refractivity contribution in [1.82, 2.24) is 5.32 Å². The normalized spacial score (nSPS) is 17.5. The van der Waals surface area contributed by atoms with Crippen molar-refractivity contribution in [3.63, 3.8) is 0 Å². The van der Waals surface area contributed by atoms with Gasteiger partial charge >= 0.3 is 0 Å². The highest BCUT2D eigenvalue weighted by Gasteiger charge is 2.29. The lowest BCUT2D eigenvalue weighted by Crippen LogP contribution is -2.26. The molecule has 114 valence electrons. The van der Waals surface area contributed by atoms with Crippen LogP contribution in [0.2, 0.25) is 0 Å². The predicted octanol–water partition coefficient (Wildman–Crippen LogP) is 3.45. The largest absolute Gasteiger partial charge is 0.490 e. The van der Waals surface area contributed by atoms with Crippen LogP contribution in [0.3, 0.4) is 0 Å². The average molecular weight is 295 g/mol. The minimum Gasteiger partial charge on any atom is -0.490 e. The molecule has 0 unspecified atom stereocenters. The molecule has 0 heterocycles. The number of hydrogen-bond donors (Lipinski definition) is 1. The van der Waals surface area contributed by atoms with Crippen LogP contribution in [0.4, 0.5) is 0 Å². The van der Waals surface area contributed by atoms with E-state index in [0.717, 1.165) is 25.0 Å². The SMILES string of the molecule is O=C(NCCc1cccc2ccc(OC3CC3)cc12)C1CC1. The summed E-state index contributed by atoms with van der Waals surface area (Å²) in [6.45, 7) is 0.710. The van der Waals surface area contributed by atoms with Crippen molar-refractivity contribution in [2.75, 3.05) is 6.54 Å². The van der Waals surface area contributed by atoms with Gasteiger partial charge in [0.2, 0.25) is 5.91 Å². The summed E-state index contributed by atoms with van der Waals surface area (Å²) in [5, 5.41) is 5.51. The van der Waals surface area contributed by atoms with Gasteiger partial charge in [-0.05, 0) is 60.6 Å². The number of benzene rings is 2. The maximum absolute atomic E-state index is 11.7. The summed E-state index contributed by atoms with van der Waals surface area (Å²) in [4.78, 5) is 11.7. The number of hydrogen-bond acceptors (Lipinski definition) is 2. The van der Waals surface area contributed by atoms with E-state index < -0.39 is 0 Å². The Labute approximate surface area is 130 Å². The molecule has 0 radical (unpaired) electrons. The fourth-order valence-electron chi connectivity index (χ4n) is 2.80. The second-order valence-electron chi connectivity index (χ2n) is 6.43. The van der Waals surface area contributed by atoms with Crippen LogP contribution in [0.5, 0.6) is 5.75 Å². The third-order valence-corrected chi connectivity index (χ3v) is 4.41. The van der Waals surface area contributed by atoms with E-state index in [0.29, 0.717) is 12.6 Å². The van der Waals surface area contributed by atoms with Gasteiger partial charge in [0, 0.05) is 12.5 Å². The molecule has 3 nitrogen and oxygen atoms in total. The van der Waals surface area contributed by atoms with Crippen LogP contribution < -0.4 is 10.1 Å². The van der Waals surface area contributed by atoms with Gasteiger partial charge in [-0.1, -0.05) is 24.3 Å². The van der Waals surface area contributed by atoms with Gasteiger partial charge < -0.3 is 10.1 Å². The zero-order valence-corrected chi connectivity index (χ0v) is 12.7. The standard InChI is InChI=1S/C19H21NO2/c21-19(15-4-5-15)20-11-10-14-3-1-2-13-6-7-17(12-18(13)14)22-16-8-9-16/h1-3,6-7,12,15-16H,4-5,8-11H2,(H,20,21). The topological polar surface area (TPSA) is 38.3 Å². The van der Waals surface area contributed by atoms with Crippen LogP contribution in [0, 0.1) is 5.92 Å². The van der Waals surface area contributed by atoms with E-state index in [1.165, 1.54) is 29.2 Å². The van der Waals surface area contributed by atoms with Crippen molar-refractivity contribution in [1.29, 1.82) is 0 Å². The summed E-state index contributed by atoms with van der Waals surface area (Å²) in [6, 6.07) is 12.7. The Morgan fingerprint density at radius 3 is 2.77 bits per heavy atom. The number of fused-ring (bicyclic) bond motifs is 1. The van der Waals surface area contributed by atoms with Crippen LogP contribution in [-0.2, 0) is 11.2 Å². The molecule has 1 N–H and O–H groups in total. The molecule has 0 aromatic heterocycles.